The first kappa shape index (κ1) is 28.7. The standard InChI is InChI=1S/C33H37NO6/c1-6-16-34-30(24-12-15-27(38-5)28(18-24)40-20-23-10-8-7-9-11-23)29(32(36)33(34)37)31(35)25-13-14-26(22(4)17-25)39-19-21(2)3/h7-15,17-18,21,30,35H,6,16,19-20H2,1-5H3/b31-29-. The first-order chi connectivity index (χ1) is 19.2. The second-order valence-electron chi connectivity index (χ2n) is 10.4. The number of carbonyl (C=O) groups excluding carboxylic acids is 2. The highest BCUT2D eigenvalue weighted by atomic mass is 16.5. The summed E-state index contributed by atoms with van der Waals surface area (Å²) in [5.41, 5.74) is 2.95. The highest BCUT2D eigenvalue weighted by Gasteiger charge is 2.46. The third-order valence-corrected chi connectivity index (χ3v) is 6.77. The highest BCUT2D eigenvalue weighted by molar-refractivity contribution is 6.46. The SMILES string of the molecule is CCCN1C(=O)C(=O)/C(=C(\O)c2ccc(OCC(C)C)c(C)c2)C1c1ccc(OC)c(OCc2ccccc2)c1. The molecule has 4 rings (SSSR count). The van der Waals surface area contributed by atoms with Crippen LogP contribution in [-0.4, -0.2) is 42.0 Å². The monoisotopic (exact) mass is 543 g/mol. The fraction of sp³-hybridized carbons (Fsp3) is 0.333. The number of aryl methyl sites for hydroxylation is 1. The molecule has 7 heteroatoms. The van der Waals surface area contributed by atoms with E-state index in [2.05, 4.69) is 13.8 Å². The van der Waals surface area contributed by atoms with E-state index in [-0.39, 0.29) is 11.3 Å². The number of methoxy groups -OCH3 is 1. The zero-order chi connectivity index (χ0) is 28.8. The van der Waals surface area contributed by atoms with Crippen molar-refractivity contribution in [2.24, 2.45) is 5.92 Å². The van der Waals surface area contributed by atoms with Crippen LogP contribution in [0, 0.1) is 12.8 Å². The molecule has 1 atom stereocenters. The van der Waals surface area contributed by atoms with Crippen LogP contribution in [0.15, 0.2) is 72.3 Å². The molecule has 1 N–H and O–H groups in total. The molecule has 210 valence electrons. The van der Waals surface area contributed by atoms with E-state index in [9.17, 15) is 14.7 Å². The molecule has 1 amide bonds. The Kier molecular flexibility index (Phi) is 9.15. The Morgan fingerprint density at radius 3 is 2.33 bits per heavy atom. The summed E-state index contributed by atoms with van der Waals surface area (Å²) >= 11 is 0. The summed E-state index contributed by atoms with van der Waals surface area (Å²) in [6.07, 6.45) is 0.651. The van der Waals surface area contributed by atoms with Crippen molar-refractivity contribution in [2.45, 2.75) is 46.8 Å². The van der Waals surface area contributed by atoms with Gasteiger partial charge in [-0.3, -0.25) is 9.59 Å². The van der Waals surface area contributed by atoms with Crippen LogP contribution in [-0.2, 0) is 16.2 Å². The summed E-state index contributed by atoms with van der Waals surface area (Å²) in [4.78, 5) is 28.0. The van der Waals surface area contributed by atoms with Gasteiger partial charge < -0.3 is 24.2 Å². The number of benzene rings is 3. The van der Waals surface area contributed by atoms with Crippen molar-refractivity contribution >= 4 is 17.4 Å². The number of Topliss-reactive ketones (excluding diaryl/α,β-unsaturated/α-hetero) is 1. The quantitative estimate of drug-likeness (QED) is 0.170. The van der Waals surface area contributed by atoms with E-state index in [1.54, 1.807) is 43.5 Å². The number of amides is 1. The van der Waals surface area contributed by atoms with Crippen molar-refractivity contribution in [1.82, 2.24) is 4.90 Å². The zero-order valence-corrected chi connectivity index (χ0v) is 23.8. The summed E-state index contributed by atoms with van der Waals surface area (Å²) < 4.78 is 17.5. The highest BCUT2D eigenvalue weighted by Crippen LogP contribution is 2.42. The molecule has 0 bridgehead atoms. The molecule has 3 aromatic rings. The largest absolute Gasteiger partial charge is 0.507 e. The molecule has 7 nitrogen and oxygen atoms in total. The van der Waals surface area contributed by atoms with Crippen LogP contribution in [0.2, 0.25) is 0 Å². The smallest absolute Gasteiger partial charge is 0.295 e. The molecule has 1 fully saturated rings. The van der Waals surface area contributed by atoms with Crippen molar-refractivity contribution in [1.29, 1.82) is 0 Å². The lowest BCUT2D eigenvalue weighted by molar-refractivity contribution is -0.139. The van der Waals surface area contributed by atoms with Gasteiger partial charge in [0.2, 0.25) is 0 Å². The number of ether oxygens (including phenoxy) is 3. The molecule has 0 aliphatic carbocycles. The summed E-state index contributed by atoms with van der Waals surface area (Å²) in [6.45, 7) is 9.22. The molecule has 0 aromatic heterocycles. The van der Waals surface area contributed by atoms with Crippen molar-refractivity contribution in [3.05, 3.63) is 94.6 Å². The van der Waals surface area contributed by atoms with Crippen LogP contribution in [0.1, 0.15) is 55.5 Å². The number of aliphatic hydroxyl groups excluding tert-OH is 1. The maximum atomic E-state index is 13.3. The van der Waals surface area contributed by atoms with Gasteiger partial charge in [-0.2, -0.15) is 0 Å². The van der Waals surface area contributed by atoms with Gasteiger partial charge in [0.15, 0.2) is 11.5 Å². The Morgan fingerprint density at radius 1 is 0.950 bits per heavy atom. The number of likely N-dealkylation sites (tertiary alicyclic amines) is 1. The zero-order valence-electron chi connectivity index (χ0n) is 23.8. The molecule has 1 aliphatic heterocycles. The minimum atomic E-state index is -0.776. The van der Waals surface area contributed by atoms with E-state index in [4.69, 9.17) is 14.2 Å². The van der Waals surface area contributed by atoms with Gasteiger partial charge in [0.25, 0.3) is 11.7 Å². The van der Waals surface area contributed by atoms with Crippen LogP contribution in [0.25, 0.3) is 5.76 Å². The molecule has 0 radical (unpaired) electrons. The van der Waals surface area contributed by atoms with Crippen LogP contribution >= 0.6 is 0 Å². The molecule has 1 unspecified atom stereocenters. The van der Waals surface area contributed by atoms with Crippen molar-refractivity contribution in [3.8, 4) is 17.2 Å². The minimum Gasteiger partial charge on any atom is -0.507 e. The van der Waals surface area contributed by atoms with Crippen LogP contribution < -0.4 is 14.2 Å². The summed E-state index contributed by atoms with van der Waals surface area (Å²) in [7, 11) is 1.56. The Morgan fingerprint density at radius 2 is 1.68 bits per heavy atom. The lowest BCUT2D eigenvalue weighted by Gasteiger charge is -2.25. The first-order valence-electron chi connectivity index (χ1n) is 13.6. The topological polar surface area (TPSA) is 85.3 Å². The molecule has 40 heavy (non-hydrogen) atoms. The number of rotatable bonds is 11. The van der Waals surface area contributed by atoms with Gasteiger partial charge in [-0.05, 0) is 66.3 Å². The first-order valence-corrected chi connectivity index (χ1v) is 13.6. The third-order valence-electron chi connectivity index (χ3n) is 6.77. The predicted octanol–water partition coefficient (Wildman–Crippen LogP) is 6.45. The van der Waals surface area contributed by atoms with E-state index in [0.29, 0.717) is 60.5 Å². The number of carbonyl (C=O) groups is 2. The fourth-order valence-corrected chi connectivity index (χ4v) is 4.78. The van der Waals surface area contributed by atoms with E-state index in [1.807, 2.05) is 44.2 Å². The number of aliphatic hydroxyl groups is 1. The van der Waals surface area contributed by atoms with Gasteiger partial charge >= 0.3 is 0 Å². The Bertz CT molecular complexity index is 1400. The average molecular weight is 544 g/mol. The third kappa shape index (κ3) is 6.14. The van der Waals surface area contributed by atoms with Gasteiger partial charge in [0.05, 0.1) is 25.3 Å². The predicted molar refractivity (Wildman–Crippen MR) is 155 cm³/mol. The van der Waals surface area contributed by atoms with Gasteiger partial charge in [0.1, 0.15) is 18.1 Å². The second-order valence-corrected chi connectivity index (χ2v) is 10.4. The van der Waals surface area contributed by atoms with Gasteiger partial charge in [-0.1, -0.05) is 57.2 Å². The van der Waals surface area contributed by atoms with Crippen LogP contribution in [0.5, 0.6) is 17.2 Å². The second kappa shape index (κ2) is 12.7. The minimum absolute atomic E-state index is 0.0490. The molecular formula is C33H37NO6. The van der Waals surface area contributed by atoms with Crippen molar-refractivity contribution in [3.63, 3.8) is 0 Å². The number of nitrogens with zero attached hydrogens (tertiary/aromatic N) is 1. The molecule has 0 saturated carbocycles. The van der Waals surface area contributed by atoms with E-state index < -0.39 is 17.7 Å². The summed E-state index contributed by atoms with van der Waals surface area (Å²) in [5.74, 6) is 0.522. The van der Waals surface area contributed by atoms with Crippen LogP contribution in [0.3, 0.4) is 0 Å². The molecular weight excluding hydrogens is 506 g/mol. The lowest BCUT2D eigenvalue weighted by Crippen LogP contribution is -2.30. The fourth-order valence-electron chi connectivity index (χ4n) is 4.78. The summed E-state index contributed by atoms with van der Waals surface area (Å²) in [5, 5.41) is 11.5. The van der Waals surface area contributed by atoms with Gasteiger partial charge in [-0.25, -0.2) is 0 Å². The summed E-state index contributed by atoms with van der Waals surface area (Å²) in [6, 6.07) is 19.6. The Hall–Kier alpha value is -4.26. The van der Waals surface area contributed by atoms with Crippen molar-refractivity contribution < 1.29 is 28.9 Å². The average Bonchev–Trinajstić information content (AvgIpc) is 3.20. The maximum absolute atomic E-state index is 13.3. The molecule has 1 saturated heterocycles. The van der Waals surface area contributed by atoms with Crippen molar-refractivity contribution in [2.75, 3.05) is 20.3 Å². The number of hydrogen-bond acceptors (Lipinski definition) is 6. The maximum Gasteiger partial charge on any atom is 0.295 e. The lowest BCUT2D eigenvalue weighted by atomic mass is 9.94. The van der Waals surface area contributed by atoms with E-state index in [1.165, 1.54) is 4.90 Å². The molecule has 1 heterocycles. The van der Waals surface area contributed by atoms with E-state index in [0.717, 1.165) is 11.1 Å². The van der Waals surface area contributed by atoms with Crippen LogP contribution in [0.4, 0.5) is 0 Å². The molecule has 0 spiro atoms. The van der Waals surface area contributed by atoms with Gasteiger partial charge in [-0.15, -0.1) is 0 Å². The van der Waals surface area contributed by atoms with Gasteiger partial charge in [0, 0.05) is 12.1 Å². The number of ketones is 1. The normalized spacial score (nSPS) is 16.4. The number of hydrogen-bond donors (Lipinski definition) is 1. The Balaban J connectivity index is 1.76. The molecule has 3 aromatic carbocycles. The molecule has 1 aliphatic rings. The Labute approximate surface area is 236 Å². The van der Waals surface area contributed by atoms with E-state index >= 15 is 0 Å².